The van der Waals surface area contributed by atoms with Crippen LogP contribution in [0, 0.1) is 29.6 Å². The lowest BCUT2D eigenvalue weighted by molar-refractivity contribution is -0.205. The Morgan fingerprint density at radius 3 is 1.90 bits per heavy atom. The molecule has 0 aromatic carbocycles. The molecule has 2 nitrogen and oxygen atoms in total. The van der Waals surface area contributed by atoms with E-state index < -0.39 is 17.9 Å². The van der Waals surface area contributed by atoms with E-state index in [2.05, 4.69) is 6.92 Å². The fourth-order valence-electron chi connectivity index (χ4n) is 5.79. The first-order valence-electron chi connectivity index (χ1n) is 12.0. The van der Waals surface area contributed by atoms with Crippen LogP contribution in [-0.4, -0.2) is 25.7 Å². The Hall–Kier alpha value is -0.620. The third kappa shape index (κ3) is 7.51. The van der Waals surface area contributed by atoms with E-state index in [1.54, 1.807) is 0 Å². The first-order valence-corrected chi connectivity index (χ1v) is 12.0. The van der Waals surface area contributed by atoms with Gasteiger partial charge < -0.3 is 9.47 Å². The van der Waals surface area contributed by atoms with Crippen molar-refractivity contribution >= 4 is 0 Å². The summed E-state index contributed by atoms with van der Waals surface area (Å²) in [5, 5.41) is 0. The molecule has 2 saturated carbocycles. The number of ether oxygens (including phenoxy) is 2. The van der Waals surface area contributed by atoms with Gasteiger partial charge in [0.05, 0.1) is 19.3 Å². The van der Waals surface area contributed by atoms with Gasteiger partial charge in [-0.05, 0) is 75.5 Å². The molecule has 0 amide bonds. The second kappa shape index (κ2) is 11.3. The summed E-state index contributed by atoms with van der Waals surface area (Å²) in [5.41, 5.74) is 0. The molecular weight excluding hydrogens is 396 g/mol. The van der Waals surface area contributed by atoms with Crippen LogP contribution in [0.3, 0.4) is 0 Å². The molecule has 0 N–H and O–H groups in total. The molecule has 3 rings (SSSR count). The van der Waals surface area contributed by atoms with Crippen LogP contribution < -0.4 is 0 Å². The molecule has 0 atom stereocenters. The molecule has 0 spiro atoms. The molecule has 3 aliphatic rings. The molecule has 1 aliphatic heterocycles. The van der Waals surface area contributed by atoms with Crippen LogP contribution in [0.5, 0.6) is 0 Å². The smallest absolute Gasteiger partial charge is 0.352 e. The van der Waals surface area contributed by atoms with Crippen molar-refractivity contribution in [2.45, 2.75) is 96.4 Å². The predicted octanol–water partition coefficient (Wildman–Crippen LogP) is 7.58. The Balaban J connectivity index is 1.31. The number of hydrogen-bond acceptors (Lipinski definition) is 2. The summed E-state index contributed by atoms with van der Waals surface area (Å²) in [6.07, 6.45) is 7.41. The van der Waals surface area contributed by atoms with Gasteiger partial charge in [0, 0.05) is 11.8 Å². The molecule has 0 bridgehead atoms. The minimum absolute atomic E-state index is 0.0363. The number of rotatable bonds is 7. The fourth-order valence-corrected chi connectivity index (χ4v) is 5.79. The minimum atomic E-state index is -4.55. The zero-order valence-corrected chi connectivity index (χ0v) is 18.3. The molecule has 3 fully saturated rings. The Labute approximate surface area is 178 Å². The monoisotopic (exact) mass is 434 g/mol. The zero-order valence-electron chi connectivity index (χ0n) is 18.3. The molecule has 174 valence electrons. The highest BCUT2D eigenvalue weighted by atomic mass is 19.4. The molecule has 0 radical (unpaired) electrons. The average molecular weight is 435 g/mol. The highest BCUT2D eigenvalue weighted by Gasteiger charge is 2.34. The van der Waals surface area contributed by atoms with Crippen molar-refractivity contribution in [3.8, 4) is 0 Å². The number of hydrogen-bond donors (Lipinski definition) is 0. The number of alkyl halides is 3. The molecule has 0 unspecified atom stereocenters. The topological polar surface area (TPSA) is 18.5 Å². The van der Waals surface area contributed by atoms with Crippen molar-refractivity contribution in [3.05, 3.63) is 11.9 Å². The zero-order chi connectivity index (χ0) is 21.6. The van der Waals surface area contributed by atoms with Gasteiger partial charge in [0.2, 0.25) is 0 Å². The Morgan fingerprint density at radius 1 is 0.800 bits per heavy atom. The van der Waals surface area contributed by atoms with Gasteiger partial charge in [-0.25, -0.2) is 4.39 Å². The fraction of sp³-hybridized carbons (Fsp3) is 0.917. The predicted molar refractivity (Wildman–Crippen MR) is 109 cm³/mol. The Morgan fingerprint density at radius 2 is 1.37 bits per heavy atom. The molecule has 0 aromatic heterocycles. The largest absolute Gasteiger partial charge is 0.412 e. The summed E-state index contributed by atoms with van der Waals surface area (Å²) in [4.78, 5) is 0. The van der Waals surface area contributed by atoms with E-state index >= 15 is 0 Å². The van der Waals surface area contributed by atoms with E-state index in [9.17, 15) is 17.6 Å². The quantitative estimate of drug-likeness (QED) is 0.384. The minimum Gasteiger partial charge on any atom is -0.352 e. The van der Waals surface area contributed by atoms with Gasteiger partial charge in [-0.3, -0.25) is 0 Å². The van der Waals surface area contributed by atoms with Gasteiger partial charge in [-0.15, -0.1) is 0 Å². The van der Waals surface area contributed by atoms with E-state index in [0.717, 1.165) is 44.8 Å². The molecule has 30 heavy (non-hydrogen) atoms. The standard InChI is InChI=1S/C24H38F4O2/c1-2-3-18-15-29-23(30-16-18)13-6-17-4-7-19(8-5-17)20-9-11-21(12-10-20)22(25)14-24(26,27)28/h14,17-21,23H,2-13,15-16H2,1H3. The average Bonchev–Trinajstić information content (AvgIpc) is 2.73. The Kier molecular flexibility index (Phi) is 9.06. The normalized spacial score (nSPS) is 36.6. The van der Waals surface area contributed by atoms with Crippen LogP contribution in [-0.2, 0) is 9.47 Å². The first-order chi connectivity index (χ1) is 14.3. The van der Waals surface area contributed by atoms with E-state index in [1.165, 1.54) is 38.5 Å². The van der Waals surface area contributed by atoms with Crippen LogP contribution in [0.25, 0.3) is 0 Å². The molecule has 2 aliphatic carbocycles. The van der Waals surface area contributed by atoms with Crippen LogP contribution in [0.1, 0.15) is 84.0 Å². The van der Waals surface area contributed by atoms with Crippen LogP contribution in [0.2, 0.25) is 0 Å². The van der Waals surface area contributed by atoms with Gasteiger partial charge in [0.15, 0.2) is 6.29 Å². The summed E-state index contributed by atoms with van der Waals surface area (Å²) in [6, 6.07) is 0. The van der Waals surface area contributed by atoms with Crippen LogP contribution in [0.15, 0.2) is 11.9 Å². The SMILES string of the molecule is CCCC1COC(CCC2CCC(C3CCC(C(F)=CC(F)(F)F)CC3)CC2)OC1. The van der Waals surface area contributed by atoms with E-state index in [1.807, 2.05) is 0 Å². The maximum absolute atomic E-state index is 13.8. The van der Waals surface area contributed by atoms with Gasteiger partial charge in [0.1, 0.15) is 5.83 Å². The van der Waals surface area contributed by atoms with Crippen LogP contribution >= 0.6 is 0 Å². The third-order valence-electron chi connectivity index (χ3n) is 7.56. The van der Waals surface area contributed by atoms with E-state index in [4.69, 9.17) is 9.47 Å². The van der Waals surface area contributed by atoms with Gasteiger partial charge >= 0.3 is 6.18 Å². The summed E-state index contributed by atoms with van der Waals surface area (Å²) >= 11 is 0. The van der Waals surface area contributed by atoms with Crippen molar-refractivity contribution in [3.63, 3.8) is 0 Å². The summed E-state index contributed by atoms with van der Waals surface area (Å²) in [7, 11) is 0. The van der Waals surface area contributed by atoms with Gasteiger partial charge in [-0.2, -0.15) is 13.2 Å². The van der Waals surface area contributed by atoms with Gasteiger partial charge in [-0.1, -0.05) is 26.2 Å². The van der Waals surface area contributed by atoms with Crippen molar-refractivity contribution in [2.75, 3.05) is 13.2 Å². The lowest BCUT2D eigenvalue weighted by Crippen LogP contribution is -2.32. The molecule has 0 aromatic rings. The first kappa shape index (κ1) is 24.0. The van der Waals surface area contributed by atoms with Crippen molar-refractivity contribution < 1.29 is 27.0 Å². The molecule has 1 heterocycles. The lowest BCUT2D eigenvalue weighted by atomic mass is 9.68. The highest BCUT2D eigenvalue weighted by molar-refractivity contribution is 5.03. The van der Waals surface area contributed by atoms with Crippen molar-refractivity contribution in [1.82, 2.24) is 0 Å². The van der Waals surface area contributed by atoms with E-state index in [0.29, 0.717) is 30.6 Å². The van der Waals surface area contributed by atoms with E-state index in [-0.39, 0.29) is 12.4 Å². The molecule has 6 heteroatoms. The van der Waals surface area contributed by atoms with Crippen LogP contribution in [0.4, 0.5) is 17.6 Å². The van der Waals surface area contributed by atoms with Gasteiger partial charge in [0.25, 0.3) is 0 Å². The summed E-state index contributed by atoms with van der Waals surface area (Å²) < 4.78 is 62.7. The second-order valence-electron chi connectivity index (χ2n) is 9.79. The maximum Gasteiger partial charge on any atom is 0.412 e. The molecular formula is C24H38F4O2. The number of halogens is 4. The third-order valence-corrected chi connectivity index (χ3v) is 7.56. The maximum atomic E-state index is 13.8. The summed E-state index contributed by atoms with van der Waals surface area (Å²) in [6.45, 7) is 3.84. The van der Waals surface area contributed by atoms with Crippen molar-refractivity contribution in [1.29, 1.82) is 0 Å². The lowest BCUT2D eigenvalue weighted by Gasteiger charge is -2.38. The second-order valence-corrected chi connectivity index (χ2v) is 9.79. The highest BCUT2D eigenvalue weighted by Crippen LogP contribution is 2.44. The summed E-state index contributed by atoms with van der Waals surface area (Å²) in [5.74, 6) is 0.985. The number of allylic oxidation sites excluding steroid dienone is 2. The Bertz CT molecular complexity index is 524. The molecule has 1 saturated heterocycles. The van der Waals surface area contributed by atoms with Crippen molar-refractivity contribution in [2.24, 2.45) is 29.6 Å².